The van der Waals surface area contributed by atoms with E-state index in [-0.39, 0.29) is 18.6 Å². The third kappa shape index (κ3) is 3.64. The predicted octanol–water partition coefficient (Wildman–Crippen LogP) is 4.05. The highest BCUT2D eigenvalue weighted by atomic mass is 16.5. The first-order valence-corrected chi connectivity index (χ1v) is 9.35. The van der Waals surface area contributed by atoms with Crippen LogP contribution in [0.4, 0.5) is 11.4 Å². The van der Waals surface area contributed by atoms with Crippen LogP contribution >= 0.6 is 0 Å². The van der Waals surface area contributed by atoms with Crippen molar-refractivity contribution in [1.29, 1.82) is 0 Å². The molecule has 6 nitrogen and oxygen atoms in total. The van der Waals surface area contributed by atoms with Crippen LogP contribution in [0.3, 0.4) is 0 Å². The van der Waals surface area contributed by atoms with Crippen molar-refractivity contribution in [3.05, 3.63) is 66.2 Å². The first kappa shape index (κ1) is 18.3. The molecule has 0 aliphatic carbocycles. The maximum atomic E-state index is 12.1. The van der Waals surface area contributed by atoms with E-state index in [1.54, 1.807) is 11.1 Å². The molecule has 0 saturated heterocycles. The summed E-state index contributed by atoms with van der Waals surface area (Å²) in [7, 11) is 1.54. The van der Waals surface area contributed by atoms with E-state index >= 15 is 0 Å². The monoisotopic (exact) mass is 377 g/mol. The van der Waals surface area contributed by atoms with E-state index in [0.29, 0.717) is 12.4 Å². The molecule has 1 aliphatic rings. The lowest BCUT2D eigenvalue weighted by atomic mass is 10.1. The maximum absolute atomic E-state index is 12.1. The number of hydrogen-bond donors (Lipinski definition) is 1. The van der Waals surface area contributed by atoms with Crippen molar-refractivity contribution in [2.75, 3.05) is 30.5 Å². The number of aromatic nitrogens is 1. The highest BCUT2D eigenvalue weighted by Gasteiger charge is 2.25. The van der Waals surface area contributed by atoms with Gasteiger partial charge in [-0.15, -0.1) is 0 Å². The summed E-state index contributed by atoms with van der Waals surface area (Å²) in [4.78, 5) is 18.3. The van der Waals surface area contributed by atoms with E-state index in [0.717, 1.165) is 34.7 Å². The Morgan fingerprint density at radius 3 is 2.89 bits per heavy atom. The maximum Gasteiger partial charge on any atom is 0.252 e. The molecule has 1 aliphatic heterocycles. The molecule has 28 heavy (non-hydrogen) atoms. The highest BCUT2D eigenvalue weighted by Crippen LogP contribution is 2.32. The molecule has 1 atom stereocenters. The second-order valence-electron chi connectivity index (χ2n) is 6.87. The van der Waals surface area contributed by atoms with Crippen molar-refractivity contribution in [3.8, 4) is 11.3 Å². The zero-order chi connectivity index (χ0) is 19.5. The first-order valence-electron chi connectivity index (χ1n) is 9.35. The Bertz CT molecular complexity index is 968. The van der Waals surface area contributed by atoms with Gasteiger partial charge in [-0.25, -0.2) is 4.98 Å². The van der Waals surface area contributed by atoms with Crippen LogP contribution in [0.15, 0.2) is 59.1 Å². The van der Waals surface area contributed by atoms with Crippen molar-refractivity contribution in [3.63, 3.8) is 0 Å². The van der Waals surface area contributed by atoms with Gasteiger partial charge < -0.3 is 19.4 Å². The minimum atomic E-state index is -0.0804. The van der Waals surface area contributed by atoms with Gasteiger partial charge in [-0.1, -0.05) is 30.3 Å². The zero-order valence-corrected chi connectivity index (χ0v) is 16.0. The number of ether oxygens (including phenoxy) is 1. The number of rotatable bonds is 6. The Labute approximate surface area is 164 Å². The molecule has 1 unspecified atom stereocenters. The van der Waals surface area contributed by atoms with Crippen LogP contribution in [0.2, 0.25) is 0 Å². The molecule has 0 saturated carbocycles. The van der Waals surface area contributed by atoms with Gasteiger partial charge in [0.15, 0.2) is 5.76 Å². The smallest absolute Gasteiger partial charge is 0.252 e. The molecule has 0 spiro atoms. The van der Waals surface area contributed by atoms with Crippen molar-refractivity contribution < 1.29 is 13.9 Å². The van der Waals surface area contributed by atoms with Gasteiger partial charge in [0.05, 0.1) is 6.20 Å². The molecule has 4 rings (SSSR count). The molecule has 144 valence electrons. The average molecular weight is 377 g/mol. The van der Waals surface area contributed by atoms with Crippen LogP contribution in [0.25, 0.3) is 11.3 Å². The number of carbonyl (C=O) groups is 1. The number of hydrogen-bond acceptors (Lipinski definition) is 5. The molecule has 1 aromatic heterocycles. The van der Waals surface area contributed by atoms with Crippen LogP contribution in [0.5, 0.6) is 0 Å². The first-order chi connectivity index (χ1) is 13.7. The topological polar surface area (TPSA) is 67.6 Å². The van der Waals surface area contributed by atoms with Crippen LogP contribution in [0.1, 0.15) is 24.4 Å². The predicted molar refractivity (Wildman–Crippen MR) is 108 cm³/mol. The fourth-order valence-corrected chi connectivity index (χ4v) is 3.49. The third-order valence-electron chi connectivity index (χ3n) is 4.88. The van der Waals surface area contributed by atoms with E-state index in [1.165, 1.54) is 7.11 Å². The van der Waals surface area contributed by atoms with Crippen molar-refractivity contribution in [2.45, 2.75) is 19.4 Å². The Kier molecular flexibility index (Phi) is 5.12. The second kappa shape index (κ2) is 7.86. The lowest BCUT2D eigenvalue weighted by molar-refractivity contribution is -0.122. The number of amides is 1. The molecule has 2 heterocycles. The van der Waals surface area contributed by atoms with Gasteiger partial charge in [0.2, 0.25) is 5.89 Å². The van der Waals surface area contributed by atoms with Crippen molar-refractivity contribution in [2.24, 2.45) is 0 Å². The fourth-order valence-electron chi connectivity index (χ4n) is 3.49. The number of methoxy groups -OCH3 is 1. The van der Waals surface area contributed by atoms with Gasteiger partial charge in [0, 0.05) is 30.6 Å². The van der Waals surface area contributed by atoms with Gasteiger partial charge in [-0.05, 0) is 37.1 Å². The number of nitrogens with one attached hydrogen (secondary N) is 1. The number of anilines is 2. The largest absolute Gasteiger partial charge is 0.438 e. The van der Waals surface area contributed by atoms with Gasteiger partial charge >= 0.3 is 0 Å². The number of oxazole rings is 1. The Balaban J connectivity index is 1.47. The van der Waals surface area contributed by atoms with E-state index < -0.39 is 0 Å². The molecule has 0 fully saturated rings. The average Bonchev–Trinajstić information content (AvgIpc) is 3.36. The molecule has 3 aromatic rings. The summed E-state index contributed by atoms with van der Waals surface area (Å²) >= 11 is 0. The number of nitrogens with zero attached hydrogens (tertiary/aromatic N) is 2. The van der Waals surface area contributed by atoms with Gasteiger partial charge in [-0.3, -0.25) is 4.79 Å². The lowest BCUT2D eigenvalue weighted by Gasteiger charge is -2.18. The van der Waals surface area contributed by atoms with E-state index in [9.17, 15) is 4.79 Å². The molecule has 1 N–H and O–H groups in total. The van der Waals surface area contributed by atoms with E-state index in [4.69, 9.17) is 9.15 Å². The van der Waals surface area contributed by atoms with Crippen molar-refractivity contribution in [1.82, 2.24) is 4.98 Å². The van der Waals surface area contributed by atoms with Gasteiger partial charge in [-0.2, -0.15) is 0 Å². The SMILES string of the molecule is COCC(=O)N1CCc2cc(NC(C)c3ncc(-c4ccccc4)o3)ccc21. The van der Waals surface area contributed by atoms with Gasteiger partial charge in [0.25, 0.3) is 5.91 Å². The fraction of sp³-hybridized carbons (Fsp3) is 0.273. The van der Waals surface area contributed by atoms with Crippen LogP contribution in [-0.4, -0.2) is 31.2 Å². The number of carbonyl (C=O) groups excluding carboxylic acids is 1. The number of benzene rings is 2. The Morgan fingerprint density at radius 2 is 2.11 bits per heavy atom. The van der Waals surface area contributed by atoms with E-state index in [1.807, 2.05) is 49.4 Å². The summed E-state index contributed by atoms with van der Waals surface area (Å²) in [5, 5.41) is 3.44. The standard InChI is InChI=1S/C22H23N3O3/c1-15(22-23-13-20(28-22)16-6-4-3-5-7-16)24-18-8-9-19-17(12-18)10-11-25(19)21(26)14-27-2/h3-9,12-13,15,24H,10-11,14H2,1-2H3. The second-order valence-corrected chi connectivity index (χ2v) is 6.87. The Hall–Kier alpha value is -3.12. The van der Waals surface area contributed by atoms with E-state index in [2.05, 4.69) is 16.4 Å². The molecule has 0 bridgehead atoms. The van der Waals surface area contributed by atoms with Crippen molar-refractivity contribution >= 4 is 17.3 Å². The summed E-state index contributed by atoms with van der Waals surface area (Å²) in [5.74, 6) is 1.38. The zero-order valence-electron chi connectivity index (χ0n) is 16.0. The third-order valence-corrected chi connectivity index (χ3v) is 4.88. The molecule has 0 radical (unpaired) electrons. The van der Waals surface area contributed by atoms with Crippen LogP contribution < -0.4 is 10.2 Å². The summed E-state index contributed by atoms with van der Waals surface area (Å²) in [5.41, 5.74) is 4.10. The minimum absolute atomic E-state index is 0.0106. The lowest BCUT2D eigenvalue weighted by Crippen LogP contribution is -2.31. The molecule has 6 heteroatoms. The van der Waals surface area contributed by atoms with Crippen LogP contribution in [-0.2, 0) is 16.0 Å². The summed E-state index contributed by atoms with van der Waals surface area (Å²) in [6.45, 7) is 2.81. The molecule has 2 aromatic carbocycles. The molecule has 1 amide bonds. The Morgan fingerprint density at radius 1 is 1.29 bits per heavy atom. The highest BCUT2D eigenvalue weighted by molar-refractivity contribution is 5.96. The quantitative estimate of drug-likeness (QED) is 0.702. The molecular weight excluding hydrogens is 354 g/mol. The normalized spacial score (nSPS) is 14.0. The summed E-state index contributed by atoms with van der Waals surface area (Å²) in [6.07, 6.45) is 2.59. The van der Waals surface area contributed by atoms with Crippen LogP contribution in [0, 0.1) is 0 Å². The summed E-state index contributed by atoms with van der Waals surface area (Å²) in [6, 6.07) is 15.9. The minimum Gasteiger partial charge on any atom is -0.438 e. The van der Waals surface area contributed by atoms with Gasteiger partial charge in [0.1, 0.15) is 12.6 Å². The summed E-state index contributed by atoms with van der Waals surface area (Å²) < 4.78 is 10.9. The number of fused-ring (bicyclic) bond motifs is 1. The molecular formula is C22H23N3O3.